The van der Waals surface area contributed by atoms with Crippen LogP contribution in [0.15, 0.2) is 36.9 Å². The smallest absolute Gasteiger partial charge is 0.150 e. The summed E-state index contributed by atoms with van der Waals surface area (Å²) in [5, 5.41) is 0. The van der Waals surface area contributed by atoms with Gasteiger partial charge in [-0.05, 0) is 18.4 Å². The molecule has 0 saturated carbocycles. The van der Waals surface area contributed by atoms with Crippen molar-refractivity contribution in [2.24, 2.45) is 0 Å². The maximum Gasteiger partial charge on any atom is 0.150 e. The summed E-state index contributed by atoms with van der Waals surface area (Å²) in [5.41, 5.74) is 1.17. The Kier molecular flexibility index (Phi) is 10.2. The zero-order valence-corrected chi connectivity index (χ0v) is 13.0. The van der Waals surface area contributed by atoms with Gasteiger partial charge in [0.1, 0.15) is 9.84 Å². The average molecular weight is 282 g/mol. The van der Waals surface area contributed by atoms with Crippen LogP contribution in [0.1, 0.15) is 45.1 Å². The van der Waals surface area contributed by atoms with Gasteiger partial charge in [0, 0.05) is 0 Å². The van der Waals surface area contributed by atoms with Crippen molar-refractivity contribution in [3.8, 4) is 0 Å². The molecule has 0 atom stereocenters. The molecule has 0 aromatic heterocycles. The van der Waals surface area contributed by atoms with Gasteiger partial charge in [0.15, 0.2) is 0 Å². The maximum absolute atomic E-state index is 11.1. The van der Waals surface area contributed by atoms with E-state index in [1.807, 2.05) is 50.3 Å². The van der Waals surface area contributed by atoms with E-state index in [9.17, 15) is 8.42 Å². The van der Waals surface area contributed by atoms with Crippen LogP contribution in [0.4, 0.5) is 0 Å². The zero-order chi connectivity index (χ0) is 14.6. The van der Waals surface area contributed by atoms with Crippen LogP contribution in [0.25, 0.3) is 6.08 Å². The van der Waals surface area contributed by atoms with E-state index in [1.165, 1.54) is 5.56 Å². The fraction of sp³-hybridized carbons (Fsp3) is 0.500. The summed E-state index contributed by atoms with van der Waals surface area (Å²) >= 11 is 0. The highest BCUT2D eigenvalue weighted by Gasteiger charge is 2.07. The third kappa shape index (κ3) is 10.5. The number of rotatable bonds is 7. The molecule has 0 bridgehead atoms. The van der Waals surface area contributed by atoms with Crippen molar-refractivity contribution in [1.82, 2.24) is 0 Å². The second kappa shape index (κ2) is 10.8. The van der Waals surface area contributed by atoms with Gasteiger partial charge in [-0.3, -0.25) is 0 Å². The van der Waals surface area contributed by atoms with Crippen LogP contribution in [0, 0.1) is 0 Å². The maximum atomic E-state index is 11.1. The van der Waals surface area contributed by atoms with Gasteiger partial charge in [0.25, 0.3) is 0 Å². The van der Waals surface area contributed by atoms with Crippen molar-refractivity contribution in [2.45, 2.75) is 39.5 Å². The first kappa shape index (κ1) is 17.9. The monoisotopic (exact) mass is 282 g/mol. The summed E-state index contributed by atoms with van der Waals surface area (Å²) in [5.74, 6) is 0.757. The zero-order valence-electron chi connectivity index (χ0n) is 12.1. The largest absolute Gasteiger partial charge is 0.229 e. The lowest BCUT2D eigenvalue weighted by Crippen LogP contribution is -2.10. The Hall–Kier alpha value is -1.09. The fourth-order valence-corrected chi connectivity index (χ4v) is 3.08. The molecule has 0 aliphatic carbocycles. The SMILES string of the molecule is C=Cc1ccccc1.CCCCS(=O)(=O)CCCC. The van der Waals surface area contributed by atoms with Crippen molar-refractivity contribution >= 4 is 15.9 Å². The molecule has 0 unspecified atom stereocenters. The fourth-order valence-electron chi connectivity index (χ4n) is 1.42. The van der Waals surface area contributed by atoms with Gasteiger partial charge in [-0.1, -0.05) is 69.7 Å². The minimum absolute atomic E-state index is 0.378. The number of benzene rings is 1. The lowest BCUT2D eigenvalue weighted by Gasteiger charge is -2.00. The van der Waals surface area contributed by atoms with Crippen LogP contribution in [0.2, 0.25) is 0 Å². The van der Waals surface area contributed by atoms with Crippen molar-refractivity contribution in [2.75, 3.05) is 11.5 Å². The van der Waals surface area contributed by atoms with E-state index in [1.54, 1.807) is 0 Å². The first-order chi connectivity index (χ1) is 9.05. The summed E-state index contributed by atoms with van der Waals surface area (Å²) in [7, 11) is -2.71. The van der Waals surface area contributed by atoms with Gasteiger partial charge in [-0.25, -0.2) is 8.42 Å². The Labute approximate surface area is 118 Å². The second-order valence-electron chi connectivity index (χ2n) is 4.47. The van der Waals surface area contributed by atoms with Crippen molar-refractivity contribution < 1.29 is 8.42 Å². The molecule has 3 heteroatoms. The second-order valence-corrected chi connectivity index (χ2v) is 6.78. The van der Waals surface area contributed by atoms with E-state index < -0.39 is 9.84 Å². The molecule has 0 radical (unpaired) electrons. The third-order valence-corrected chi connectivity index (χ3v) is 4.47. The van der Waals surface area contributed by atoms with Gasteiger partial charge in [-0.2, -0.15) is 0 Å². The topological polar surface area (TPSA) is 34.1 Å². The lowest BCUT2D eigenvalue weighted by atomic mass is 10.2. The highest BCUT2D eigenvalue weighted by Crippen LogP contribution is 2.00. The molecule has 1 aromatic rings. The number of unbranched alkanes of at least 4 members (excludes halogenated alkanes) is 2. The summed E-state index contributed by atoms with van der Waals surface area (Å²) in [6.07, 6.45) is 5.38. The number of hydrogen-bond acceptors (Lipinski definition) is 2. The summed E-state index contributed by atoms with van der Waals surface area (Å²) in [4.78, 5) is 0. The van der Waals surface area contributed by atoms with Crippen molar-refractivity contribution in [1.29, 1.82) is 0 Å². The first-order valence-corrected chi connectivity index (χ1v) is 8.75. The minimum Gasteiger partial charge on any atom is -0.229 e. The van der Waals surface area contributed by atoms with Gasteiger partial charge in [-0.15, -0.1) is 0 Å². The van der Waals surface area contributed by atoms with Gasteiger partial charge in [0.05, 0.1) is 11.5 Å². The molecule has 108 valence electrons. The molecule has 0 fully saturated rings. The highest BCUT2D eigenvalue weighted by molar-refractivity contribution is 7.91. The minimum atomic E-state index is -2.71. The Morgan fingerprint density at radius 2 is 1.47 bits per heavy atom. The Bertz CT molecular complexity index is 407. The Morgan fingerprint density at radius 1 is 1.00 bits per heavy atom. The van der Waals surface area contributed by atoms with Gasteiger partial charge in [0.2, 0.25) is 0 Å². The highest BCUT2D eigenvalue weighted by atomic mass is 32.2. The molecule has 0 amide bonds. The van der Waals surface area contributed by atoms with E-state index in [4.69, 9.17) is 0 Å². The summed E-state index contributed by atoms with van der Waals surface area (Å²) in [6.45, 7) is 7.65. The quantitative estimate of drug-likeness (QED) is 0.746. The molecule has 0 N–H and O–H groups in total. The molecule has 2 nitrogen and oxygen atoms in total. The van der Waals surface area contributed by atoms with Crippen LogP contribution in [-0.2, 0) is 9.84 Å². The molecule has 0 saturated heterocycles. The molecule has 19 heavy (non-hydrogen) atoms. The molecular formula is C16H26O2S. The van der Waals surface area contributed by atoms with Crippen LogP contribution in [0.3, 0.4) is 0 Å². The van der Waals surface area contributed by atoms with E-state index in [0.717, 1.165) is 25.7 Å². The molecule has 0 aliphatic heterocycles. The van der Waals surface area contributed by atoms with Crippen molar-refractivity contribution in [3.05, 3.63) is 42.5 Å². The van der Waals surface area contributed by atoms with E-state index in [-0.39, 0.29) is 0 Å². The third-order valence-electron chi connectivity index (χ3n) is 2.65. The Morgan fingerprint density at radius 3 is 1.79 bits per heavy atom. The molecule has 1 rings (SSSR count). The molecule has 0 spiro atoms. The predicted molar refractivity (Wildman–Crippen MR) is 85.0 cm³/mol. The van der Waals surface area contributed by atoms with Crippen LogP contribution < -0.4 is 0 Å². The number of hydrogen-bond donors (Lipinski definition) is 0. The normalized spacial score (nSPS) is 10.4. The van der Waals surface area contributed by atoms with Gasteiger partial charge >= 0.3 is 0 Å². The number of sulfone groups is 1. The van der Waals surface area contributed by atoms with E-state index in [0.29, 0.717) is 11.5 Å². The lowest BCUT2D eigenvalue weighted by molar-refractivity contribution is 0.589. The standard InChI is InChI=1S/C8H18O2S.C8H8/c1-3-5-7-11(9,10)8-6-4-2;1-2-8-6-4-3-5-7-8/h3-8H2,1-2H3;2-7H,1H2. The molecule has 0 heterocycles. The summed E-state index contributed by atoms with van der Waals surface area (Å²) < 4.78 is 22.3. The van der Waals surface area contributed by atoms with Crippen LogP contribution in [0.5, 0.6) is 0 Å². The molecule has 0 aliphatic rings. The predicted octanol–water partition coefficient (Wildman–Crippen LogP) is 4.33. The van der Waals surface area contributed by atoms with Crippen molar-refractivity contribution in [3.63, 3.8) is 0 Å². The van der Waals surface area contributed by atoms with Crippen LogP contribution in [-0.4, -0.2) is 19.9 Å². The van der Waals surface area contributed by atoms with E-state index >= 15 is 0 Å². The molecular weight excluding hydrogens is 256 g/mol. The first-order valence-electron chi connectivity index (χ1n) is 6.93. The van der Waals surface area contributed by atoms with Gasteiger partial charge < -0.3 is 0 Å². The average Bonchev–Trinajstić information content (AvgIpc) is 2.45. The van der Waals surface area contributed by atoms with Crippen LogP contribution >= 0.6 is 0 Å². The van der Waals surface area contributed by atoms with E-state index in [2.05, 4.69) is 6.58 Å². The molecule has 1 aromatic carbocycles. The Balaban J connectivity index is 0.000000356. The summed E-state index contributed by atoms with van der Waals surface area (Å²) in [6, 6.07) is 10.0.